The van der Waals surface area contributed by atoms with Crippen LogP contribution in [-0.4, -0.2) is 48.1 Å². The molecule has 0 aliphatic carbocycles. The fraction of sp³-hybridized carbons (Fsp3) is 0.391. The van der Waals surface area contributed by atoms with Gasteiger partial charge in [-0.1, -0.05) is 13.0 Å². The van der Waals surface area contributed by atoms with Crippen molar-refractivity contribution in [2.75, 3.05) is 33.9 Å². The Balaban J connectivity index is 1.67. The van der Waals surface area contributed by atoms with Crippen molar-refractivity contribution in [1.29, 1.82) is 0 Å². The molecule has 1 fully saturated rings. The van der Waals surface area contributed by atoms with Crippen molar-refractivity contribution in [3.8, 4) is 22.8 Å². The van der Waals surface area contributed by atoms with Crippen LogP contribution in [0.5, 0.6) is 11.5 Å². The summed E-state index contributed by atoms with van der Waals surface area (Å²) >= 11 is 0. The van der Waals surface area contributed by atoms with Gasteiger partial charge in [-0.3, -0.25) is 9.20 Å². The van der Waals surface area contributed by atoms with Crippen molar-refractivity contribution in [2.24, 2.45) is 0 Å². The molecule has 6 nitrogen and oxygen atoms in total. The summed E-state index contributed by atoms with van der Waals surface area (Å²) in [5.41, 5.74) is 3.24. The van der Waals surface area contributed by atoms with Crippen LogP contribution in [0.4, 0.5) is 0 Å². The second kappa shape index (κ2) is 8.25. The molecule has 0 atom stereocenters. The van der Waals surface area contributed by atoms with Crippen LogP contribution in [0.15, 0.2) is 47.4 Å². The molecule has 0 radical (unpaired) electrons. The van der Waals surface area contributed by atoms with E-state index in [1.54, 1.807) is 24.7 Å². The molecular weight excluding hydrogens is 366 g/mol. The van der Waals surface area contributed by atoms with Crippen molar-refractivity contribution in [3.05, 3.63) is 58.5 Å². The quantitative estimate of drug-likeness (QED) is 0.663. The number of pyridine rings is 1. The third kappa shape index (κ3) is 3.85. The van der Waals surface area contributed by atoms with Crippen LogP contribution in [-0.2, 0) is 0 Å². The molecule has 0 saturated carbocycles. The summed E-state index contributed by atoms with van der Waals surface area (Å²) in [6, 6.07) is 11.2. The van der Waals surface area contributed by atoms with Crippen molar-refractivity contribution < 1.29 is 9.47 Å². The van der Waals surface area contributed by atoms with Gasteiger partial charge in [-0.05, 0) is 68.2 Å². The fourth-order valence-corrected chi connectivity index (χ4v) is 4.09. The van der Waals surface area contributed by atoms with Crippen LogP contribution < -0.4 is 15.0 Å². The molecule has 29 heavy (non-hydrogen) atoms. The number of nitrogens with zero attached hydrogens (tertiary/aromatic N) is 3. The lowest BCUT2D eigenvalue weighted by Crippen LogP contribution is -2.32. The average Bonchev–Trinajstić information content (AvgIpc) is 2.78. The van der Waals surface area contributed by atoms with Gasteiger partial charge in [0.25, 0.3) is 5.56 Å². The number of benzene rings is 1. The molecule has 1 aromatic carbocycles. The van der Waals surface area contributed by atoms with Crippen LogP contribution in [0.2, 0.25) is 0 Å². The second-order valence-corrected chi connectivity index (χ2v) is 7.45. The van der Waals surface area contributed by atoms with E-state index >= 15 is 0 Å². The highest BCUT2D eigenvalue weighted by atomic mass is 16.5. The van der Waals surface area contributed by atoms with Gasteiger partial charge in [0.1, 0.15) is 5.65 Å². The Hall–Kier alpha value is -2.86. The lowest BCUT2D eigenvalue weighted by Gasteiger charge is -2.31. The highest BCUT2D eigenvalue weighted by Gasteiger charge is 2.20. The second-order valence-electron chi connectivity index (χ2n) is 7.45. The molecule has 4 rings (SSSR count). The van der Waals surface area contributed by atoms with Gasteiger partial charge < -0.3 is 14.4 Å². The van der Waals surface area contributed by atoms with Gasteiger partial charge in [0.2, 0.25) is 0 Å². The third-order valence-electron chi connectivity index (χ3n) is 5.87. The van der Waals surface area contributed by atoms with Gasteiger partial charge in [-0.25, -0.2) is 4.98 Å². The Bertz CT molecular complexity index is 1070. The Kier molecular flexibility index (Phi) is 5.53. The summed E-state index contributed by atoms with van der Waals surface area (Å²) in [4.78, 5) is 20.0. The average molecular weight is 393 g/mol. The van der Waals surface area contributed by atoms with E-state index in [0.717, 1.165) is 38.0 Å². The van der Waals surface area contributed by atoms with Crippen LogP contribution in [0.1, 0.15) is 31.2 Å². The van der Waals surface area contributed by atoms with E-state index in [2.05, 4.69) is 17.9 Å². The molecule has 1 aliphatic rings. The minimum absolute atomic E-state index is 0.0763. The summed E-state index contributed by atoms with van der Waals surface area (Å²) in [5.74, 6) is 1.76. The number of piperidine rings is 1. The maximum absolute atomic E-state index is 12.8. The minimum atomic E-state index is -0.0763. The number of ether oxygens (including phenoxy) is 2. The fourth-order valence-electron chi connectivity index (χ4n) is 4.09. The number of hydrogen-bond donors (Lipinski definition) is 0. The van der Waals surface area contributed by atoms with Crippen LogP contribution in [0.3, 0.4) is 0 Å². The van der Waals surface area contributed by atoms with Crippen molar-refractivity contribution >= 4 is 5.65 Å². The number of hydrogen-bond acceptors (Lipinski definition) is 5. The van der Waals surface area contributed by atoms with Gasteiger partial charge in [-0.2, -0.15) is 0 Å². The topological polar surface area (TPSA) is 56.1 Å². The van der Waals surface area contributed by atoms with Crippen molar-refractivity contribution in [3.63, 3.8) is 0 Å². The molecule has 6 heteroatoms. The highest BCUT2D eigenvalue weighted by molar-refractivity contribution is 5.65. The van der Waals surface area contributed by atoms with Gasteiger partial charge in [0, 0.05) is 17.8 Å². The zero-order chi connectivity index (χ0) is 20.4. The zero-order valence-electron chi connectivity index (χ0n) is 17.2. The Morgan fingerprint density at radius 1 is 1.03 bits per heavy atom. The van der Waals surface area contributed by atoms with E-state index in [0.29, 0.717) is 28.8 Å². The number of methoxy groups -OCH3 is 2. The number of fused-ring (bicyclic) bond motifs is 1. The minimum Gasteiger partial charge on any atom is -0.493 e. The van der Waals surface area contributed by atoms with Crippen molar-refractivity contribution in [1.82, 2.24) is 14.3 Å². The lowest BCUT2D eigenvalue weighted by atomic mass is 9.90. The van der Waals surface area contributed by atoms with Crippen LogP contribution in [0, 0.1) is 0 Å². The Morgan fingerprint density at radius 2 is 1.79 bits per heavy atom. The molecule has 3 aromatic rings. The normalized spacial score (nSPS) is 15.6. The first-order valence-electron chi connectivity index (χ1n) is 10.1. The van der Waals surface area contributed by atoms with Crippen LogP contribution >= 0.6 is 0 Å². The monoisotopic (exact) mass is 393 g/mol. The molecule has 3 heterocycles. The summed E-state index contributed by atoms with van der Waals surface area (Å²) < 4.78 is 12.3. The molecule has 1 saturated heterocycles. The first kappa shape index (κ1) is 19.5. The standard InChI is InChI=1S/C23H27N3O3/c1-4-25-11-9-16(10-12-25)18-6-8-22-24-19(14-23(27)26(22)15-18)17-5-7-20(28-2)21(13-17)29-3/h5-8,13-16H,4,9-12H2,1-3H3. The first-order valence-corrected chi connectivity index (χ1v) is 10.1. The number of rotatable bonds is 5. The van der Waals surface area contributed by atoms with Crippen molar-refractivity contribution in [2.45, 2.75) is 25.7 Å². The van der Waals surface area contributed by atoms with E-state index in [1.165, 1.54) is 5.56 Å². The van der Waals surface area contributed by atoms with E-state index in [4.69, 9.17) is 14.5 Å². The molecule has 1 aliphatic heterocycles. The molecular formula is C23H27N3O3. The molecule has 152 valence electrons. The van der Waals surface area contributed by atoms with E-state index in [1.807, 2.05) is 30.5 Å². The Morgan fingerprint density at radius 3 is 2.48 bits per heavy atom. The van der Waals surface area contributed by atoms with E-state index < -0.39 is 0 Å². The molecule has 0 unspecified atom stereocenters. The molecule has 0 amide bonds. The van der Waals surface area contributed by atoms with Gasteiger partial charge in [0.15, 0.2) is 11.5 Å². The first-order chi connectivity index (χ1) is 14.1. The molecule has 0 spiro atoms. The maximum atomic E-state index is 12.8. The Labute approximate surface area is 170 Å². The molecule has 0 bridgehead atoms. The largest absolute Gasteiger partial charge is 0.493 e. The van der Waals surface area contributed by atoms with Crippen LogP contribution in [0.25, 0.3) is 16.9 Å². The predicted molar refractivity (Wildman–Crippen MR) is 114 cm³/mol. The summed E-state index contributed by atoms with van der Waals surface area (Å²) in [7, 11) is 3.19. The third-order valence-corrected chi connectivity index (χ3v) is 5.87. The summed E-state index contributed by atoms with van der Waals surface area (Å²) in [6.45, 7) is 5.54. The number of aromatic nitrogens is 2. The molecule has 0 N–H and O–H groups in total. The lowest BCUT2D eigenvalue weighted by molar-refractivity contribution is 0.222. The van der Waals surface area contributed by atoms with Gasteiger partial charge >= 0.3 is 0 Å². The van der Waals surface area contributed by atoms with E-state index in [-0.39, 0.29) is 5.56 Å². The van der Waals surface area contributed by atoms with Gasteiger partial charge in [-0.15, -0.1) is 0 Å². The van der Waals surface area contributed by atoms with E-state index in [9.17, 15) is 4.79 Å². The maximum Gasteiger partial charge on any atom is 0.258 e. The molecule has 2 aromatic heterocycles. The zero-order valence-corrected chi connectivity index (χ0v) is 17.2. The highest BCUT2D eigenvalue weighted by Crippen LogP contribution is 2.32. The smallest absolute Gasteiger partial charge is 0.258 e. The summed E-state index contributed by atoms with van der Waals surface area (Å²) in [6.07, 6.45) is 4.23. The SMILES string of the molecule is CCN1CCC(c2ccc3nc(-c4ccc(OC)c(OC)c4)cc(=O)n3c2)CC1. The predicted octanol–water partition coefficient (Wildman–Crippen LogP) is 3.58. The van der Waals surface area contributed by atoms with Gasteiger partial charge in [0.05, 0.1) is 19.9 Å². The number of likely N-dealkylation sites (tertiary alicyclic amines) is 1. The summed E-state index contributed by atoms with van der Waals surface area (Å²) in [5, 5.41) is 0.